The first-order valence-corrected chi connectivity index (χ1v) is 6.81. The van der Waals surface area contributed by atoms with Gasteiger partial charge < -0.3 is 4.74 Å². The van der Waals surface area contributed by atoms with E-state index in [1.807, 2.05) is 0 Å². The Labute approximate surface area is 106 Å². The molecule has 0 aromatic carbocycles. The van der Waals surface area contributed by atoms with E-state index in [0.717, 1.165) is 45.2 Å². The van der Waals surface area contributed by atoms with Gasteiger partial charge in [0.25, 0.3) is 0 Å². The number of ether oxygens (including phenoxy) is 1. The minimum absolute atomic E-state index is 0.146. The second-order valence-electron chi connectivity index (χ2n) is 5.43. The number of carbonyl (C=O) groups excluding carboxylic acids is 1. The minimum atomic E-state index is -3.38. The Bertz CT molecular complexity index is 298. The van der Waals surface area contributed by atoms with Gasteiger partial charge in [0.05, 0.1) is 0 Å². The van der Waals surface area contributed by atoms with E-state index in [2.05, 4.69) is 4.90 Å². The molecule has 18 heavy (non-hydrogen) atoms. The third-order valence-corrected chi connectivity index (χ3v) is 3.89. The van der Waals surface area contributed by atoms with E-state index in [1.165, 1.54) is 0 Å². The number of hydrogen-bond donors (Lipinski definition) is 0. The number of esters is 1. The molecule has 2 aliphatic rings. The molecule has 0 radical (unpaired) electrons. The van der Waals surface area contributed by atoms with Crippen molar-refractivity contribution in [2.75, 3.05) is 13.1 Å². The van der Waals surface area contributed by atoms with Crippen molar-refractivity contribution in [1.82, 2.24) is 4.90 Å². The number of alkyl halides is 2. The molecule has 1 aliphatic heterocycles. The lowest BCUT2D eigenvalue weighted by atomic mass is 9.91. The highest BCUT2D eigenvalue weighted by Gasteiger charge is 2.40. The fourth-order valence-electron chi connectivity index (χ4n) is 2.95. The van der Waals surface area contributed by atoms with Gasteiger partial charge in [-0.3, -0.25) is 4.90 Å². The molecule has 1 aliphatic carbocycles. The SMILES string of the molecule is CC(F)(F)C(=O)OC1CCCCC1N1CCCC1. The Hall–Kier alpha value is -0.710. The summed E-state index contributed by atoms with van der Waals surface area (Å²) in [5, 5.41) is 0. The number of halogens is 2. The van der Waals surface area contributed by atoms with Gasteiger partial charge in [-0.2, -0.15) is 8.78 Å². The lowest BCUT2D eigenvalue weighted by Gasteiger charge is -2.37. The summed E-state index contributed by atoms with van der Waals surface area (Å²) < 4.78 is 30.8. The first kappa shape index (κ1) is 13.7. The molecule has 1 saturated heterocycles. The van der Waals surface area contributed by atoms with Crippen LogP contribution in [-0.4, -0.2) is 42.0 Å². The fraction of sp³-hybridized carbons (Fsp3) is 0.923. The monoisotopic (exact) mass is 261 g/mol. The topological polar surface area (TPSA) is 29.5 Å². The average molecular weight is 261 g/mol. The molecule has 2 atom stereocenters. The maximum Gasteiger partial charge on any atom is 0.376 e. The van der Waals surface area contributed by atoms with E-state index >= 15 is 0 Å². The van der Waals surface area contributed by atoms with Crippen LogP contribution in [0.4, 0.5) is 8.78 Å². The average Bonchev–Trinajstić information content (AvgIpc) is 2.82. The molecule has 0 aromatic heterocycles. The summed E-state index contributed by atoms with van der Waals surface area (Å²) in [5.41, 5.74) is 0. The standard InChI is InChI=1S/C13H21F2NO2/c1-13(14,15)12(17)18-11-7-3-2-6-10(11)16-8-4-5-9-16/h10-11H,2-9H2,1H3. The third kappa shape index (κ3) is 3.19. The summed E-state index contributed by atoms with van der Waals surface area (Å²) in [7, 11) is 0. The summed E-state index contributed by atoms with van der Waals surface area (Å²) in [6, 6.07) is 0.146. The molecule has 2 unspecified atom stereocenters. The van der Waals surface area contributed by atoms with Crippen molar-refractivity contribution in [2.45, 2.75) is 63.5 Å². The molecule has 2 fully saturated rings. The zero-order valence-corrected chi connectivity index (χ0v) is 10.8. The highest BCUT2D eigenvalue weighted by Crippen LogP contribution is 2.29. The van der Waals surface area contributed by atoms with Crippen molar-refractivity contribution in [3.05, 3.63) is 0 Å². The van der Waals surface area contributed by atoms with Crippen LogP contribution in [0.1, 0.15) is 45.4 Å². The number of likely N-dealkylation sites (tertiary alicyclic amines) is 1. The number of rotatable bonds is 3. The van der Waals surface area contributed by atoms with Crippen LogP contribution in [0.3, 0.4) is 0 Å². The van der Waals surface area contributed by atoms with Crippen molar-refractivity contribution < 1.29 is 18.3 Å². The zero-order valence-electron chi connectivity index (χ0n) is 10.8. The van der Waals surface area contributed by atoms with Crippen LogP contribution in [0.25, 0.3) is 0 Å². The van der Waals surface area contributed by atoms with Gasteiger partial charge in [-0.05, 0) is 45.2 Å². The second-order valence-corrected chi connectivity index (χ2v) is 5.43. The van der Waals surface area contributed by atoms with E-state index in [9.17, 15) is 13.6 Å². The molecule has 0 N–H and O–H groups in total. The summed E-state index contributed by atoms with van der Waals surface area (Å²) >= 11 is 0. The van der Waals surface area contributed by atoms with Gasteiger partial charge >= 0.3 is 11.9 Å². The van der Waals surface area contributed by atoms with Gasteiger partial charge in [-0.15, -0.1) is 0 Å². The largest absolute Gasteiger partial charge is 0.456 e. The second kappa shape index (κ2) is 5.51. The van der Waals surface area contributed by atoms with Crippen LogP contribution >= 0.6 is 0 Å². The molecule has 0 aromatic rings. The van der Waals surface area contributed by atoms with Crippen LogP contribution in [0, 0.1) is 0 Å². The van der Waals surface area contributed by atoms with Crippen LogP contribution in [0.5, 0.6) is 0 Å². The Morgan fingerprint density at radius 1 is 1.17 bits per heavy atom. The molecule has 5 heteroatoms. The van der Waals surface area contributed by atoms with Crippen LogP contribution < -0.4 is 0 Å². The van der Waals surface area contributed by atoms with Gasteiger partial charge in [0.1, 0.15) is 6.10 Å². The van der Waals surface area contributed by atoms with Crippen molar-refractivity contribution in [3.8, 4) is 0 Å². The quantitative estimate of drug-likeness (QED) is 0.731. The predicted molar refractivity (Wildman–Crippen MR) is 63.6 cm³/mol. The van der Waals surface area contributed by atoms with E-state index in [-0.39, 0.29) is 12.1 Å². The van der Waals surface area contributed by atoms with Gasteiger partial charge in [-0.25, -0.2) is 4.79 Å². The zero-order chi connectivity index (χ0) is 13.2. The maximum absolute atomic E-state index is 12.9. The fourth-order valence-corrected chi connectivity index (χ4v) is 2.95. The summed E-state index contributed by atoms with van der Waals surface area (Å²) in [6.07, 6.45) is 5.67. The Balaban J connectivity index is 1.97. The van der Waals surface area contributed by atoms with Gasteiger partial charge in [0.2, 0.25) is 0 Å². The maximum atomic E-state index is 12.9. The third-order valence-electron chi connectivity index (χ3n) is 3.89. The molecule has 1 saturated carbocycles. The van der Waals surface area contributed by atoms with Gasteiger partial charge in [-0.1, -0.05) is 6.42 Å². The Kier molecular flexibility index (Phi) is 4.20. The van der Waals surface area contributed by atoms with Gasteiger partial charge in [0, 0.05) is 13.0 Å². The Morgan fingerprint density at radius 2 is 1.78 bits per heavy atom. The molecule has 104 valence electrons. The predicted octanol–water partition coefficient (Wildman–Crippen LogP) is 2.59. The number of carbonyl (C=O) groups is 1. The molecule has 0 bridgehead atoms. The van der Waals surface area contributed by atoms with Crippen LogP contribution in [0.15, 0.2) is 0 Å². The lowest BCUT2D eigenvalue weighted by molar-refractivity contribution is -0.180. The molecular weight excluding hydrogens is 240 g/mol. The van der Waals surface area contributed by atoms with Gasteiger partial charge in [0.15, 0.2) is 0 Å². The van der Waals surface area contributed by atoms with E-state index in [1.54, 1.807) is 0 Å². The highest BCUT2D eigenvalue weighted by atomic mass is 19.3. The van der Waals surface area contributed by atoms with E-state index < -0.39 is 11.9 Å². The van der Waals surface area contributed by atoms with Crippen molar-refractivity contribution in [3.63, 3.8) is 0 Å². The van der Waals surface area contributed by atoms with Crippen molar-refractivity contribution >= 4 is 5.97 Å². The normalized spacial score (nSPS) is 30.4. The molecule has 0 spiro atoms. The summed E-state index contributed by atoms with van der Waals surface area (Å²) in [4.78, 5) is 13.6. The van der Waals surface area contributed by atoms with E-state index in [4.69, 9.17) is 4.74 Å². The molecule has 0 amide bonds. The van der Waals surface area contributed by atoms with Crippen molar-refractivity contribution in [1.29, 1.82) is 0 Å². The number of nitrogens with zero attached hydrogens (tertiary/aromatic N) is 1. The molecular formula is C13H21F2NO2. The smallest absolute Gasteiger partial charge is 0.376 e. The number of hydrogen-bond acceptors (Lipinski definition) is 3. The van der Waals surface area contributed by atoms with E-state index in [0.29, 0.717) is 13.3 Å². The summed E-state index contributed by atoms with van der Waals surface area (Å²) in [6.45, 7) is 2.60. The molecule has 2 rings (SSSR count). The highest BCUT2D eigenvalue weighted by molar-refractivity contribution is 5.77. The molecule has 3 nitrogen and oxygen atoms in total. The van der Waals surface area contributed by atoms with Crippen molar-refractivity contribution in [2.24, 2.45) is 0 Å². The summed E-state index contributed by atoms with van der Waals surface area (Å²) in [5.74, 6) is -4.76. The minimum Gasteiger partial charge on any atom is -0.456 e. The van der Waals surface area contributed by atoms with Crippen LogP contribution in [-0.2, 0) is 9.53 Å². The molecule has 1 heterocycles. The Morgan fingerprint density at radius 3 is 2.39 bits per heavy atom. The first-order chi connectivity index (χ1) is 8.48. The lowest BCUT2D eigenvalue weighted by Crippen LogP contribution is -2.47. The first-order valence-electron chi connectivity index (χ1n) is 6.81. The van der Waals surface area contributed by atoms with Crippen LogP contribution in [0.2, 0.25) is 0 Å².